The lowest BCUT2D eigenvalue weighted by atomic mass is 9.81. The number of rotatable bonds is 6. The van der Waals surface area contributed by atoms with Gasteiger partial charge in [-0.15, -0.1) is 0 Å². The van der Waals surface area contributed by atoms with Gasteiger partial charge in [0.2, 0.25) is 17.6 Å². The number of para-hydroxylation sites is 1. The van der Waals surface area contributed by atoms with Crippen molar-refractivity contribution in [1.29, 1.82) is 0 Å². The number of ether oxygens (including phenoxy) is 1. The smallest absolute Gasteiger partial charge is 0.308 e. The predicted molar refractivity (Wildman–Crippen MR) is 105 cm³/mol. The first-order valence-corrected chi connectivity index (χ1v) is 10.1. The monoisotopic (exact) mass is 396 g/mol. The number of imide groups is 1. The van der Waals surface area contributed by atoms with Gasteiger partial charge in [-0.1, -0.05) is 31.0 Å². The number of hydrogen-bond acceptors (Lipinski definition) is 5. The zero-order valence-electron chi connectivity index (χ0n) is 16.3. The van der Waals surface area contributed by atoms with Crippen molar-refractivity contribution in [3.63, 3.8) is 0 Å². The van der Waals surface area contributed by atoms with Gasteiger partial charge < -0.3 is 9.72 Å². The van der Waals surface area contributed by atoms with Crippen molar-refractivity contribution in [2.45, 2.75) is 45.1 Å². The summed E-state index contributed by atoms with van der Waals surface area (Å²) in [6, 6.07) is 7.40. The summed E-state index contributed by atoms with van der Waals surface area (Å²) in [6.45, 7) is 1.54. The molecule has 2 aliphatic rings. The first kappa shape index (κ1) is 19.4. The molecule has 3 atom stereocenters. The maximum Gasteiger partial charge on any atom is 0.308 e. The Hall–Kier alpha value is -2.96. The molecule has 1 aliphatic heterocycles. The largest absolute Gasteiger partial charge is 0.454 e. The lowest BCUT2D eigenvalue weighted by molar-refractivity contribution is -0.147. The fraction of sp³-hybridized carbons (Fsp3) is 0.455. The summed E-state index contributed by atoms with van der Waals surface area (Å²) >= 11 is 0. The van der Waals surface area contributed by atoms with Gasteiger partial charge in [0, 0.05) is 29.2 Å². The SMILES string of the molecule is C[C@@H](OC(=O)CCN1C(=O)[C@H]2CCCC[C@H]2C1=O)C(=O)c1c[nH]c2ccccc12. The van der Waals surface area contributed by atoms with E-state index < -0.39 is 12.1 Å². The molecule has 7 nitrogen and oxygen atoms in total. The summed E-state index contributed by atoms with van der Waals surface area (Å²) in [6.07, 6.45) is 3.96. The first-order valence-electron chi connectivity index (χ1n) is 10.1. The van der Waals surface area contributed by atoms with Crippen molar-refractivity contribution in [2.75, 3.05) is 6.54 Å². The molecule has 1 saturated heterocycles. The van der Waals surface area contributed by atoms with E-state index in [0.29, 0.717) is 5.56 Å². The van der Waals surface area contributed by atoms with Crippen LogP contribution in [0.15, 0.2) is 30.5 Å². The molecular formula is C22H24N2O5. The van der Waals surface area contributed by atoms with E-state index in [1.807, 2.05) is 24.3 Å². The zero-order valence-corrected chi connectivity index (χ0v) is 16.3. The third-order valence-corrected chi connectivity index (χ3v) is 6.00. The number of carbonyl (C=O) groups is 4. The first-order chi connectivity index (χ1) is 14.0. The van der Waals surface area contributed by atoms with Crippen LogP contribution < -0.4 is 0 Å². The highest BCUT2D eigenvalue weighted by molar-refractivity contribution is 6.10. The average molecular weight is 396 g/mol. The Bertz CT molecular complexity index is 954. The maximum atomic E-state index is 12.7. The van der Waals surface area contributed by atoms with E-state index in [0.717, 1.165) is 36.6 Å². The number of benzene rings is 1. The van der Waals surface area contributed by atoms with Crippen LogP contribution in [0.2, 0.25) is 0 Å². The third kappa shape index (κ3) is 3.57. The van der Waals surface area contributed by atoms with Crippen LogP contribution in [0.4, 0.5) is 0 Å². The quantitative estimate of drug-likeness (QED) is 0.460. The Morgan fingerprint density at radius 2 is 1.79 bits per heavy atom. The second-order valence-corrected chi connectivity index (χ2v) is 7.82. The van der Waals surface area contributed by atoms with E-state index >= 15 is 0 Å². The van der Waals surface area contributed by atoms with Gasteiger partial charge in [-0.25, -0.2) is 0 Å². The van der Waals surface area contributed by atoms with Gasteiger partial charge in [0.05, 0.1) is 18.3 Å². The van der Waals surface area contributed by atoms with E-state index in [4.69, 9.17) is 4.74 Å². The second kappa shape index (κ2) is 7.81. The number of esters is 1. The Labute approximate surface area is 168 Å². The van der Waals surface area contributed by atoms with Crippen LogP contribution >= 0.6 is 0 Å². The molecule has 1 aromatic carbocycles. The predicted octanol–water partition coefficient (Wildman–Crippen LogP) is 2.85. The lowest BCUT2D eigenvalue weighted by Gasteiger charge is -2.19. The molecule has 1 saturated carbocycles. The molecule has 152 valence electrons. The molecule has 0 unspecified atom stereocenters. The van der Waals surface area contributed by atoms with Gasteiger partial charge in [-0.2, -0.15) is 0 Å². The molecule has 4 rings (SSSR count). The van der Waals surface area contributed by atoms with Gasteiger partial charge in [0.1, 0.15) is 0 Å². The number of aromatic amines is 1. The van der Waals surface area contributed by atoms with Gasteiger partial charge in [0.25, 0.3) is 0 Å². The number of aromatic nitrogens is 1. The highest BCUT2D eigenvalue weighted by Gasteiger charge is 2.47. The van der Waals surface area contributed by atoms with E-state index in [-0.39, 0.29) is 42.4 Å². The molecule has 2 amide bonds. The minimum Gasteiger partial charge on any atom is -0.454 e. The van der Waals surface area contributed by atoms with Crippen LogP contribution in [-0.2, 0) is 19.1 Å². The number of H-pyrrole nitrogens is 1. The topological polar surface area (TPSA) is 96.5 Å². The molecule has 7 heteroatoms. The summed E-state index contributed by atoms with van der Waals surface area (Å²) in [5, 5.41) is 0.774. The van der Waals surface area contributed by atoms with Crippen molar-refractivity contribution in [3.05, 3.63) is 36.0 Å². The summed E-state index contributed by atoms with van der Waals surface area (Å²) in [5.74, 6) is -1.69. The molecule has 1 aromatic heterocycles. The van der Waals surface area contributed by atoms with Crippen LogP contribution in [0.3, 0.4) is 0 Å². The van der Waals surface area contributed by atoms with Crippen LogP contribution in [-0.4, -0.2) is 46.1 Å². The molecule has 29 heavy (non-hydrogen) atoms. The van der Waals surface area contributed by atoms with Crippen LogP contribution in [0.1, 0.15) is 49.4 Å². The van der Waals surface area contributed by atoms with Crippen LogP contribution in [0.5, 0.6) is 0 Å². The summed E-state index contributed by atoms with van der Waals surface area (Å²) in [5.41, 5.74) is 1.30. The Morgan fingerprint density at radius 1 is 1.14 bits per heavy atom. The van der Waals surface area contributed by atoms with Gasteiger partial charge >= 0.3 is 5.97 Å². The average Bonchev–Trinajstić information content (AvgIpc) is 3.26. The molecule has 2 fully saturated rings. The zero-order chi connectivity index (χ0) is 20.5. The van der Waals surface area contributed by atoms with E-state index in [9.17, 15) is 19.2 Å². The second-order valence-electron chi connectivity index (χ2n) is 7.82. The van der Waals surface area contributed by atoms with Crippen molar-refractivity contribution >= 4 is 34.5 Å². The number of fused-ring (bicyclic) bond motifs is 2. The van der Waals surface area contributed by atoms with E-state index in [1.54, 1.807) is 6.20 Å². The van der Waals surface area contributed by atoms with E-state index in [1.165, 1.54) is 11.8 Å². The molecule has 2 aromatic rings. The Morgan fingerprint density at radius 3 is 2.48 bits per heavy atom. The van der Waals surface area contributed by atoms with E-state index in [2.05, 4.69) is 4.98 Å². The highest BCUT2D eigenvalue weighted by Crippen LogP contribution is 2.38. The Kier molecular flexibility index (Phi) is 5.22. The Balaban J connectivity index is 1.34. The molecular weight excluding hydrogens is 372 g/mol. The maximum absolute atomic E-state index is 12.7. The molecule has 2 heterocycles. The number of ketones is 1. The fourth-order valence-electron chi connectivity index (χ4n) is 4.46. The van der Waals surface area contributed by atoms with Crippen molar-refractivity contribution in [1.82, 2.24) is 9.88 Å². The van der Waals surface area contributed by atoms with Crippen molar-refractivity contribution in [3.8, 4) is 0 Å². The summed E-state index contributed by atoms with van der Waals surface area (Å²) in [4.78, 5) is 54.1. The number of hydrogen-bond donors (Lipinski definition) is 1. The minimum absolute atomic E-state index is 0.0114. The van der Waals surface area contributed by atoms with Crippen molar-refractivity contribution < 1.29 is 23.9 Å². The number of nitrogens with zero attached hydrogens (tertiary/aromatic N) is 1. The highest BCUT2D eigenvalue weighted by atomic mass is 16.5. The lowest BCUT2D eigenvalue weighted by Crippen LogP contribution is -2.34. The molecule has 0 spiro atoms. The number of amides is 2. The van der Waals surface area contributed by atoms with Gasteiger partial charge in [0.15, 0.2) is 6.10 Å². The standard InChI is InChI=1S/C22H24N2O5/c1-13(20(26)17-12-23-18-9-5-4-6-14(17)18)29-19(25)10-11-24-21(27)15-7-2-3-8-16(15)22(24)28/h4-6,9,12-13,15-16,23H,2-3,7-8,10-11H2,1H3/t13-,15-,16+/m1/s1. The molecule has 1 aliphatic carbocycles. The van der Waals surface area contributed by atoms with Gasteiger partial charge in [-0.05, 0) is 25.8 Å². The molecule has 0 bridgehead atoms. The fourth-order valence-corrected chi connectivity index (χ4v) is 4.46. The molecule has 0 radical (unpaired) electrons. The number of carbonyl (C=O) groups excluding carboxylic acids is 4. The van der Waals surface area contributed by atoms with Crippen LogP contribution in [0.25, 0.3) is 10.9 Å². The summed E-state index contributed by atoms with van der Waals surface area (Å²) in [7, 11) is 0. The van der Waals surface area contributed by atoms with Gasteiger partial charge in [-0.3, -0.25) is 24.1 Å². The normalized spacial score (nSPS) is 22.6. The molecule has 1 N–H and O–H groups in total. The minimum atomic E-state index is -0.950. The number of nitrogens with one attached hydrogen (secondary N) is 1. The van der Waals surface area contributed by atoms with Crippen LogP contribution in [0, 0.1) is 11.8 Å². The summed E-state index contributed by atoms with van der Waals surface area (Å²) < 4.78 is 5.28. The number of likely N-dealkylation sites (tertiary alicyclic amines) is 1. The third-order valence-electron chi connectivity index (χ3n) is 6.00. The van der Waals surface area contributed by atoms with Crippen molar-refractivity contribution in [2.24, 2.45) is 11.8 Å². The number of Topliss-reactive ketones (excluding diaryl/α,β-unsaturated/α-hetero) is 1.